The van der Waals surface area contributed by atoms with Crippen LogP contribution in [0.4, 0.5) is 10.5 Å². The van der Waals surface area contributed by atoms with Crippen LogP contribution in [0.25, 0.3) is 0 Å². The molecule has 0 aliphatic carbocycles. The summed E-state index contributed by atoms with van der Waals surface area (Å²) in [5.41, 5.74) is 0.271. The van der Waals surface area contributed by atoms with Gasteiger partial charge in [0.1, 0.15) is 6.10 Å². The van der Waals surface area contributed by atoms with Crippen LogP contribution in [0.15, 0.2) is 24.3 Å². The molecule has 1 aromatic rings. The number of nitrogens with zero attached hydrogens (tertiary/aromatic N) is 1. The summed E-state index contributed by atoms with van der Waals surface area (Å²) in [6.07, 6.45) is -0.758. The molecule has 1 unspecified atom stereocenters. The topological polar surface area (TPSA) is 58.6 Å². The van der Waals surface area contributed by atoms with E-state index in [1.165, 1.54) is 4.90 Å². The fraction of sp³-hybridized carbons (Fsp3) is 0.467. The predicted molar refractivity (Wildman–Crippen MR) is 81.5 cm³/mol. The Morgan fingerprint density at radius 1 is 1.38 bits per heavy atom. The molecule has 0 radical (unpaired) electrons. The highest BCUT2D eigenvalue weighted by molar-refractivity contribution is 6.30. The highest BCUT2D eigenvalue weighted by Crippen LogP contribution is 2.23. The van der Waals surface area contributed by atoms with E-state index < -0.39 is 11.5 Å². The van der Waals surface area contributed by atoms with E-state index >= 15 is 0 Å². The van der Waals surface area contributed by atoms with E-state index in [4.69, 9.17) is 16.3 Å². The lowest BCUT2D eigenvalue weighted by atomic mass is 9.96. The Kier molecular flexibility index (Phi) is 4.42. The van der Waals surface area contributed by atoms with Crippen molar-refractivity contribution in [3.8, 4) is 0 Å². The molecule has 0 aromatic heterocycles. The van der Waals surface area contributed by atoms with Crippen LogP contribution in [0.1, 0.15) is 20.8 Å². The Balaban J connectivity index is 1.94. The number of hydrogen-bond acceptors (Lipinski definition) is 3. The molecule has 1 atom stereocenters. The number of amides is 2. The lowest BCUT2D eigenvalue weighted by Gasteiger charge is -2.19. The number of hydrogen-bond donors (Lipinski definition) is 1. The quantitative estimate of drug-likeness (QED) is 0.934. The van der Waals surface area contributed by atoms with E-state index in [2.05, 4.69) is 5.32 Å². The van der Waals surface area contributed by atoms with Gasteiger partial charge in [-0.15, -0.1) is 0 Å². The van der Waals surface area contributed by atoms with Gasteiger partial charge in [-0.2, -0.15) is 0 Å². The van der Waals surface area contributed by atoms with Crippen LogP contribution >= 0.6 is 11.6 Å². The number of rotatable bonds is 3. The van der Waals surface area contributed by atoms with Crippen molar-refractivity contribution in [2.45, 2.75) is 26.9 Å². The van der Waals surface area contributed by atoms with E-state index in [9.17, 15) is 9.59 Å². The number of ether oxygens (including phenoxy) is 1. The van der Waals surface area contributed by atoms with Crippen molar-refractivity contribution in [2.75, 3.05) is 18.0 Å². The molecule has 0 bridgehead atoms. The summed E-state index contributed by atoms with van der Waals surface area (Å²) in [4.78, 5) is 25.2. The number of halogens is 1. The number of benzene rings is 1. The molecule has 5 nitrogen and oxygen atoms in total. The summed E-state index contributed by atoms with van der Waals surface area (Å²) in [7, 11) is 0. The van der Waals surface area contributed by atoms with Gasteiger partial charge in [0.15, 0.2) is 0 Å². The largest absolute Gasteiger partial charge is 0.442 e. The molecular weight excluding hydrogens is 292 g/mol. The first-order valence-corrected chi connectivity index (χ1v) is 7.17. The maximum atomic E-state index is 11.9. The predicted octanol–water partition coefficient (Wildman–Crippen LogP) is 2.83. The zero-order valence-corrected chi connectivity index (χ0v) is 13.1. The minimum Gasteiger partial charge on any atom is -0.442 e. The molecular formula is C15H19ClN2O3. The highest BCUT2D eigenvalue weighted by Gasteiger charge is 2.33. The average molecular weight is 311 g/mol. The second kappa shape index (κ2) is 5.93. The maximum absolute atomic E-state index is 11.9. The zero-order chi connectivity index (χ0) is 15.6. The van der Waals surface area contributed by atoms with Crippen molar-refractivity contribution in [2.24, 2.45) is 5.41 Å². The summed E-state index contributed by atoms with van der Waals surface area (Å²) in [5.74, 6) is -0.0662. The number of carbonyl (C=O) groups excluding carboxylic acids is 2. The molecule has 1 aliphatic heterocycles. The van der Waals surface area contributed by atoms with Gasteiger partial charge in [-0.25, -0.2) is 4.79 Å². The van der Waals surface area contributed by atoms with E-state index in [0.717, 1.165) is 5.69 Å². The lowest BCUT2D eigenvalue weighted by Crippen LogP contribution is -2.40. The molecule has 1 aliphatic rings. The van der Waals surface area contributed by atoms with Crippen LogP contribution in [-0.4, -0.2) is 31.2 Å². The first kappa shape index (κ1) is 15.6. The van der Waals surface area contributed by atoms with Gasteiger partial charge in [0, 0.05) is 16.1 Å². The molecule has 1 aromatic carbocycles. The maximum Gasteiger partial charge on any atom is 0.414 e. The summed E-state index contributed by atoms with van der Waals surface area (Å²) in [6.45, 7) is 6.23. The molecule has 1 fully saturated rings. The smallest absolute Gasteiger partial charge is 0.414 e. The second-order valence-electron chi connectivity index (χ2n) is 6.05. The molecule has 0 spiro atoms. The standard InChI is InChI=1S/C15H19ClN2O3/c1-15(2,3)13(19)17-8-12-9-18(14(20)21-12)11-6-4-10(16)5-7-11/h4-7,12H,8-9H2,1-3H3,(H,17,19). The molecule has 1 heterocycles. The number of anilines is 1. The Morgan fingerprint density at radius 2 is 2.00 bits per heavy atom. The normalized spacial score (nSPS) is 18.6. The number of carbonyl (C=O) groups is 2. The molecule has 6 heteroatoms. The minimum atomic E-state index is -0.460. The molecule has 2 rings (SSSR count). The second-order valence-corrected chi connectivity index (χ2v) is 6.49. The van der Waals surface area contributed by atoms with Crippen molar-refractivity contribution >= 4 is 29.3 Å². The van der Waals surface area contributed by atoms with Crippen LogP contribution in [0.2, 0.25) is 5.02 Å². The van der Waals surface area contributed by atoms with Crippen LogP contribution < -0.4 is 10.2 Å². The Hall–Kier alpha value is -1.75. The van der Waals surface area contributed by atoms with E-state index in [1.54, 1.807) is 24.3 Å². The van der Waals surface area contributed by atoms with Gasteiger partial charge >= 0.3 is 6.09 Å². The van der Waals surface area contributed by atoms with Crippen molar-refractivity contribution < 1.29 is 14.3 Å². The molecule has 114 valence electrons. The van der Waals surface area contributed by atoms with Crippen LogP contribution in [0, 0.1) is 5.41 Å². The lowest BCUT2D eigenvalue weighted by molar-refractivity contribution is -0.128. The van der Waals surface area contributed by atoms with Gasteiger partial charge in [-0.05, 0) is 24.3 Å². The summed E-state index contributed by atoms with van der Waals surface area (Å²) >= 11 is 5.83. The Labute approximate surface area is 129 Å². The highest BCUT2D eigenvalue weighted by atomic mass is 35.5. The zero-order valence-electron chi connectivity index (χ0n) is 12.4. The monoisotopic (exact) mass is 310 g/mol. The van der Waals surface area contributed by atoms with Crippen molar-refractivity contribution in [1.29, 1.82) is 0 Å². The van der Waals surface area contributed by atoms with E-state index in [0.29, 0.717) is 18.1 Å². The van der Waals surface area contributed by atoms with Crippen LogP contribution in [0.3, 0.4) is 0 Å². The first-order chi connectivity index (χ1) is 9.77. The number of nitrogens with one attached hydrogen (secondary N) is 1. The van der Waals surface area contributed by atoms with Crippen LogP contribution in [-0.2, 0) is 9.53 Å². The number of cyclic esters (lactones) is 1. The summed E-state index contributed by atoms with van der Waals surface area (Å²) in [5, 5.41) is 3.41. The molecule has 0 saturated carbocycles. The molecule has 21 heavy (non-hydrogen) atoms. The van der Waals surface area contributed by atoms with Gasteiger partial charge < -0.3 is 10.1 Å². The van der Waals surface area contributed by atoms with E-state index in [1.807, 2.05) is 20.8 Å². The van der Waals surface area contributed by atoms with Gasteiger partial charge in [0.2, 0.25) is 5.91 Å². The third kappa shape index (κ3) is 3.88. The van der Waals surface area contributed by atoms with Gasteiger partial charge in [0.25, 0.3) is 0 Å². The summed E-state index contributed by atoms with van der Waals surface area (Å²) < 4.78 is 5.26. The Bertz CT molecular complexity index is 537. The Morgan fingerprint density at radius 3 is 2.57 bits per heavy atom. The minimum absolute atomic E-state index is 0.0662. The fourth-order valence-corrected chi connectivity index (χ4v) is 2.06. The van der Waals surface area contributed by atoms with Gasteiger partial charge in [-0.3, -0.25) is 9.69 Å². The van der Waals surface area contributed by atoms with Crippen molar-refractivity contribution in [1.82, 2.24) is 5.32 Å². The van der Waals surface area contributed by atoms with Crippen molar-refractivity contribution in [3.05, 3.63) is 29.3 Å². The molecule has 1 N–H and O–H groups in total. The summed E-state index contributed by atoms with van der Waals surface area (Å²) in [6, 6.07) is 6.97. The third-order valence-corrected chi connectivity index (χ3v) is 3.44. The van der Waals surface area contributed by atoms with Crippen molar-refractivity contribution in [3.63, 3.8) is 0 Å². The molecule has 2 amide bonds. The van der Waals surface area contributed by atoms with Crippen LogP contribution in [0.5, 0.6) is 0 Å². The van der Waals surface area contributed by atoms with Gasteiger partial charge in [0.05, 0.1) is 13.1 Å². The molecule has 1 saturated heterocycles. The fourth-order valence-electron chi connectivity index (χ4n) is 1.93. The first-order valence-electron chi connectivity index (χ1n) is 6.79. The third-order valence-electron chi connectivity index (χ3n) is 3.18. The average Bonchev–Trinajstić information content (AvgIpc) is 2.77. The SMILES string of the molecule is CC(C)(C)C(=O)NCC1CN(c2ccc(Cl)cc2)C(=O)O1. The van der Waals surface area contributed by atoms with E-state index in [-0.39, 0.29) is 12.0 Å². The van der Waals surface area contributed by atoms with Gasteiger partial charge in [-0.1, -0.05) is 32.4 Å².